The summed E-state index contributed by atoms with van der Waals surface area (Å²) in [6, 6.07) is 46.6. The van der Waals surface area contributed by atoms with Gasteiger partial charge in [-0.05, 0) is 49.9 Å². The van der Waals surface area contributed by atoms with E-state index in [4.69, 9.17) is 10.2 Å². The highest BCUT2D eigenvalue weighted by molar-refractivity contribution is 5.65. The Labute approximate surface area is 300 Å². The van der Waals surface area contributed by atoms with Gasteiger partial charge in [0.25, 0.3) is 11.1 Å². The first-order valence-corrected chi connectivity index (χ1v) is 17.2. The summed E-state index contributed by atoms with van der Waals surface area (Å²) in [5, 5.41) is 16.9. The number of nitrogens with one attached hydrogen (secondary N) is 2. The van der Waals surface area contributed by atoms with Gasteiger partial charge in [-0.1, -0.05) is 121 Å². The van der Waals surface area contributed by atoms with Gasteiger partial charge in [0.05, 0.1) is 33.9 Å². The van der Waals surface area contributed by atoms with Gasteiger partial charge < -0.3 is 0 Å². The van der Waals surface area contributed by atoms with Gasteiger partial charge in [0.2, 0.25) is 0 Å². The molecule has 0 aliphatic carbocycles. The van der Waals surface area contributed by atoms with Crippen molar-refractivity contribution in [1.29, 1.82) is 0 Å². The van der Waals surface area contributed by atoms with Crippen molar-refractivity contribution in [3.8, 4) is 56.7 Å². The van der Waals surface area contributed by atoms with Gasteiger partial charge in [-0.2, -0.15) is 19.6 Å². The fourth-order valence-electron chi connectivity index (χ4n) is 6.62. The van der Waals surface area contributed by atoms with E-state index in [1.807, 2.05) is 143 Å². The summed E-state index contributed by atoms with van der Waals surface area (Å²) < 4.78 is 6.94. The Morgan fingerprint density at radius 1 is 0.442 bits per heavy atom. The number of hydrogen-bond donors (Lipinski definition) is 2. The molecule has 10 heteroatoms. The van der Waals surface area contributed by atoms with E-state index in [9.17, 15) is 9.59 Å². The van der Waals surface area contributed by atoms with Crippen LogP contribution in [0.5, 0.6) is 0 Å². The van der Waals surface area contributed by atoms with E-state index in [1.165, 1.54) is 9.36 Å². The van der Waals surface area contributed by atoms with E-state index >= 15 is 0 Å². The molecule has 0 fully saturated rings. The van der Waals surface area contributed by atoms with Crippen LogP contribution in [0.1, 0.15) is 27.7 Å². The molecule has 52 heavy (non-hydrogen) atoms. The summed E-state index contributed by atoms with van der Waals surface area (Å²) in [5.74, 6) is 0.927. The van der Waals surface area contributed by atoms with E-state index in [-0.39, 0.29) is 11.1 Å². The number of H-pyrrole nitrogens is 2. The second kappa shape index (κ2) is 12.6. The molecule has 2 N–H and O–H groups in total. The topological polar surface area (TPSA) is 111 Å². The molecule has 0 atom stereocenters. The van der Waals surface area contributed by atoms with Crippen LogP contribution in [0.2, 0.25) is 0 Å². The van der Waals surface area contributed by atoms with Gasteiger partial charge >= 0.3 is 0 Å². The molecule has 0 spiro atoms. The number of nitrogens with zero attached hydrogens (tertiary/aromatic N) is 6. The van der Waals surface area contributed by atoms with Gasteiger partial charge in [0, 0.05) is 24.3 Å². The second-order valence-corrected chi connectivity index (χ2v) is 13.9. The van der Waals surface area contributed by atoms with Crippen LogP contribution in [0.25, 0.3) is 56.7 Å². The molecular formula is C42H38N8O2. The highest BCUT2D eigenvalue weighted by atomic mass is 16.1. The van der Waals surface area contributed by atoms with Crippen molar-refractivity contribution in [2.45, 2.75) is 38.8 Å². The first kappa shape index (κ1) is 32.5. The molecular weight excluding hydrogens is 649 g/mol. The van der Waals surface area contributed by atoms with Crippen LogP contribution in [-0.2, 0) is 11.1 Å². The van der Waals surface area contributed by atoms with Gasteiger partial charge in [-0.3, -0.25) is 29.2 Å². The molecule has 0 bridgehead atoms. The minimum Gasteiger partial charge on any atom is -0.289 e. The maximum atomic E-state index is 13.4. The molecule has 0 radical (unpaired) electrons. The fourth-order valence-corrected chi connectivity index (χ4v) is 6.62. The average molecular weight is 687 g/mol. The fraction of sp³-hybridized carbons (Fsp3) is 0.143. The normalized spacial score (nSPS) is 12.0. The van der Waals surface area contributed by atoms with Gasteiger partial charge in [0.1, 0.15) is 0 Å². The van der Waals surface area contributed by atoms with Gasteiger partial charge in [-0.15, -0.1) is 0 Å². The van der Waals surface area contributed by atoms with Crippen molar-refractivity contribution in [2.75, 3.05) is 0 Å². The van der Waals surface area contributed by atoms with Crippen molar-refractivity contribution in [3.63, 3.8) is 0 Å². The third-order valence-electron chi connectivity index (χ3n) is 10.2. The first-order chi connectivity index (χ1) is 25.1. The van der Waals surface area contributed by atoms with Crippen molar-refractivity contribution in [1.82, 2.24) is 39.1 Å². The highest BCUT2D eigenvalue weighted by Gasteiger charge is 2.45. The molecule has 4 aromatic carbocycles. The molecule has 0 aliphatic heterocycles. The van der Waals surface area contributed by atoms with Crippen molar-refractivity contribution >= 4 is 0 Å². The Balaban J connectivity index is 1.28. The molecule has 4 aromatic heterocycles. The lowest BCUT2D eigenvalue weighted by molar-refractivity contribution is 0.102. The zero-order valence-corrected chi connectivity index (χ0v) is 29.4. The van der Waals surface area contributed by atoms with Gasteiger partial charge in [0.15, 0.2) is 11.6 Å². The van der Waals surface area contributed by atoms with Crippen LogP contribution in [-0.4, -0.2) is 39.1 Å². The molecule has 8 aromatic rings. The average Bonchev–Trinajstić information content (AvgIpc) is 3.98. The van der Waals surface area contributed by atoms with E-state index in [1.54, 1.807) is 12.1 Å². The van der Waals surface area contributed by atoms with Crippen LogP contribution in [0.4, 0.5) is 0 Å². The van der Waals surface area contributed by atoms with Crippen LogP contribution < -0.4 is 11.1 Å². The Hall–Kier alpha value is -6.68. The highest BCUT2D eigenvalue weighted by Crippen LogP contribution is 2.41. The van der Waals surface area contributed by atoms with E-state index < -0.39 is 11.1 Å². The first-order valence-electron chi connectivity index (χ1n) is 17.2. The summed E-state index contributed by atoms with van der Waals surface area (Å²) in [6.07, 6.45) is 0. The predicted molar refractivity (Wildman–Crippen MR) is 205 cm³/mol. The summed E-state index contributed by atoms with van der Waals surface area (Å²) in [7, 11) is 0. The molecule has 258 valence electrons. The minimum atomic E-state index is -0.766. The molecule has 8 rings (SSSR count). The molecule has 0 saturated heterocycles. The number of rotatable bonds is 9. The predicted octanol–water partition coefficient (Wildman–Crippen LogP) is 7.88. The molecule has 0 saturated carbocycles. The molecule has 0 unspecified atom stereocenters. The molecule has 4 heterocycles. The van der Waals surface area contributed by atoms with Crippen LogP contribution in [0.3, 0.4) is 0 Å². The molecule has 0 amide bonds. The summed E-state index contributed by atoms with van der Waals surface area (Å²) in [6.45, 7) is 8.47. The molecule has 10 nitrogen and oxygen atoms in total. The van der Waals surface area contributed by atoms with Crippen LogP contribution in [0, 0.1) is 0 Å². The Kier molecular flexibility index (Phi) is 7.87. The summed E-state index contributed by atoms with van der Waals surface area (Å²) in [4.78, 5) is 26.9. The van der Waals surface area contributed by atoms with E-state index in [0.717, 1.165) is 33.6 Å². The number of aromatic nitrogens is 8. The van der Waals surface area contributed by atoms with E-state index in [2.05, 4.69) is 37.9 Å². The number of benzene rings is 4. The van der Waals surface area contributed by atoms with Crippen LogP contribution in [0.15, 0.2) is 155 Å². The monoisotopic (exact) mass is 686 g/mol. The quantitative estimate of drug-likeness (QED) is 0.161. The largest absolute Gasteiger partial charge is 0.289 e. The zero-order chi connectivity index (χ0) is 36.0. The standard InChI is InChI=1S/C42H38N8O2/c1-41(2,49-35(31-21-13-7-14-22-31)27-37(45-49)47-39(51)25-33(43-47)29-17-9-5-10-18-29)42(3,4)50-36(32-23-15-8-16-24-32)28-38(46-50)48-40(52)26-34(44-48)30-19-11-6-12-20-30/h5-28,43-44H,1-4H3. The Bertz CT molecular complexity index is 2420. The molecule has 0 aliphatic rings. The lowest BCUT2D eigenvalue weighted by Crippen LogP contribution is -2.51. The summed E-state index contributed by atoms with van der Waals surface area (Å²) in [5.41, 5.74) is 4.81. The second-order valence-electron chi connectivity index (χ2n) is 13.9. The maximum Gasteiger partial charge on any atom is 0.273 e. The third kappa shape index (κ3) is 5.54. The lowest BCUT2D eigenvalue weighted by atomic mass is 9.81. The smallest absolute Gasteiger partial charge is 0.273 e. The van der Waals surface area contributed by atoms with Crippen molar-refractivity contribution in [3.05, 3.63) is 166 Å². The Morgan fingerprint density at radius 3 is 1.08 bits per heavy atom. The third-order valence-corrected chi connectivity index (χ3v) is 10.2. The maximum absolute atomic E-state index is 13.4. The van der Waals surface area contributed by atoms with Gasteiger partial charge in [-0.25, -0.2) is 0 Å². The van der Waals surface area contributed by atoms with Crippen molar-refractivity contribution in [2.24, 2.45) is 0 Å². The lowest BCUT2D eigenvalue weighted by Gasteiger charge is -2.43. The van der Waals surface area contributed by atoms with Crippen LogP contribution >= 0.6 is 0 Å². The van der Waals surface area contributed by atoms with Crippen molar-refractivity contribution < 1.29 is 0 Å². The number of aromatic amines is 2. The Morgan fingerprint density at radius 2 is 0.750 bits per heavy atom. The summed E-state index contributed by atoms with van der Waals surface area (Å²) >= 11 is 0. The SMILES string of the molecule is CC(C)(n1nc(-n2[nH]c(-c3ccccc3)cc2=O)cc1-c1ccccc1)C(C)(C)n1nc(-n2[nH]c(-c3ccccc3)cc2=O)cc1-c1ccccc1. The van der Waals surface area contributed by atoms with E-state index in [0.29, 0.717) is 23.0 Å². The minimum absolute atomic E-state index is 0.213. The zero-order valence-electron chi connectivity index (χ0n) is 29.4. The number of hydrogen-bond acceptors (Lipinski definition) is 4.